The first-order valence-corrected chi connectivity index (χ1v) is 6.40. The van der Waals surface area contributed by atoms with Gasteiger partial charge in [0, 0.05) is 18.1 Å². The van der Waals surface area contributed by atoms with Gasteiger partial charge in [-0.2, -0.15) is 13.2 Å². The molecule has 18 heavy (non-hydrogen) atoms. The maximum Gasteiger partial charge on any atom is 0.405 e. The highest BCUT2D eigenvalue weighted by molar-refractivity contribution is 9.10. The lowest BCUT2D eigenvalue weighted by Gasteiger charge is -2.22. The van der Waals surface area contributed by atoms with E-state index in [4.69, 9.17) is 0 Å². The van der Waals surface area contributed by atoms with E-state index < -0.39 is 12.7 Å². The average Bonchev–Trinajstić information content (AvgIpc) is 2.23. The molecule has 0 aliphatic heterocycles. The summed E-state index contributed by atoms with van der Waals surface area (Å²) in [6, 6.07) is 5.36. The number of nitrogens with zero attached hydrogens (tertiary/aromatic N) is 1. The van der Waals surface area contributed by atoms with Crippen LogP contribution < -0.4 is 10.2 Å². The van der Waals surface area contributed by atoms with Crippen molar-refractivity contribution in [3.63, 3.8) is 0 Å². The third-order valence-electron chi connectivity index (χ3n) is 2.42. The van der Waals surface area contributed by atoms with Gasteiger partial charge in [-0.1, -0.05) is 13.0 Å². The lowest BCUT2D eigenvalue weighted by atomic mass is 10.2. The summed E-state index contributed by atoms with van der Waals surface area (Å²) >= 11 is 3.31. The molecule has 0 saturated heterocycles. The molecule has 1 N–H and O–H groups in total. The van der Waals surface area contributed by atoms with E-state index in [2.05, 4.69) is 21.2 Å². The van der Waals surface area contributed by atoms with Crippen molar-refractivity contribution in [2.45, 2.75) is 19.6 Å². The van der Waals surface area contributed by atoms with E-state index in [9.17, 15) is 13.2 Å². The SMILES string of the molecule is CCNCc1ccc(N(C)CC(F)(F)F)c(Br)c1. The molecular formula is C12H16BrF3N2. The van der Waals surface area contributed by atoms with Gasteiger partial charge in [-0.3, -0.25) is 0 Å². The Hall–Kier alpha value is -0.750. The number of nitrogens with one attached hydrogen (secondary N) is 1. The fourth-order valence-corrected chi connectivity index (χ4v) is 2.32. The van der Waals surface area contributed by atoms with E-state index in [1.807, 2.05) is 19.1 Å². The van der Waals surface area contributed by atoms with Crippen LogP contribution in [-0.4, -0.2) is 26.3 Å². The molecule has 0 spiro atoms. The van der Waals surface area contributed by atoms with Crippen molar-refractivity contribution >= 4 is 21.6 Å². The Morgan fingerprint density at radius 1 is 1.33 bits per heavy atom. The average molecular weight is 325 g/mol. The van der Waals surface area contributed by atoms with E-state index in [0.717, 1.165) is 12.1 Å². The summed E-state index contributed by atoms with van der Waals surface area (Å²) < 4.78 is 37.6. The predicted molar refractivity (Wildman–Crippen MR) is 70.8 cm³/mol. The van der Waals surface area contributed by atoms with Gasteiger partial charge in [-0.25, -0.2) is 0 Å². The summed E-state index contributed by atoms with van der Waals surface area (Å²) in [5.74, 6) is 0. The summed E-state index contributed by atoms with van der Waals surface area (Å²) in [7, 11) is 1.43. The minimum absolute atomic E-state index is 0.535. The smallest absolute Gasteiger partial charge is 0.365 e. The van der Waals surface area contributed by atoms with Crippen LogP contribution >= 0.6 is 15.9 Å². The molecule has 1 aromatic rings. The van der Waals surface area contributed by atoms with Crippen LogP contribution in [0.2, 0.25) is 0 Å². The van der Waals surface area contributed by atoms with Crippen LogP contribution in [0.15, 0.2) is 22.7 Å². The second-order valence-electron chi connectivity index (χ2n) is 4.04. The Labute approximate surface area is 113 Å². The molecule has 0 radical (unpaired) electrons. The Kier molecular flexibility index (Phi) is 5.47. The molecule has 2 nitrogen and oxygen atoms in total. The first-order chi connectivity index (χ1) is 8.33. The number of hydrogen-bond donors (Lipinski definition) is 1. The zero-order valence-corrected chi connectivity index (χ0v) is 11.9. The molecule has 0 unspecified atom stereocenters. The van der Waals surface area contributed by atoms with Crippen molar-refractivity contribution in [3.8, 4) is 0 Å². The summed E-state index contributed by atoms with van der Waals surface area (Å²) in [5, 5.41) is 3.16. The fourth-order valence-electron chi connectivity index (χ4n) is 1.59. The quantitative estimate of drug-likeness (QED) is 0.891. The molecule has 6 heteroatoms. The van der Waals surface area contributed by atoms with Crippen molar-refractivity contribution in [1.82, 2.24) is 5.32 Å². The van der Waals surface area contributed by atoms with Gasteiger partial charge in [0.1, 0.15) is 6.54 Å². The third-order valence-corrected chi connectivity index (χ3v) is 3.05. The number of anilines is 1. The molecule has 1 aromatic carbocycles. The van der Waals surface area contributed by atoms with Crippen LogP contribution in [0.3, 0.4) is 0 Å². The second kappa shape index (κ2) is 6.43. The number of hydrogen-bond acceptors (Lipinski definition) is 2. The molecule has 0 bridgehead atoms. The zero-order chi connectivity index (χ0) is 13.8. The van der Waals surface area contributed by atoms with Crippen molar-refractivity contribution < 1.29 is 13.2 Å². The van der Waals surface area contributed by atoms with E-state index in [-0.39, 0.29) is 0 Å². The lowest BCUT2D eigenvalue weighted by molar-refractivity contribution is -0.119. The van der Waals surface area contributed by atoms with Crippen LogP contribution in [0.25, 0.3) is 0 Å². The molecule has 0 fully saturated rings. The molecule has 0 aliphatic rings. The summed E-state index contributed by atoms with van der Waals surface area (Å²) in [4.78, 5) is 1.18. The van der Waals surface area contributed by atoms with Gasteiger partial charge < -0.3 is 10.2 Å². The Morgan fingerprint density at radius 2 is 2.00 bits per heavy atom. The van der Waals surface area contributed by atoms with Crippen LogP contribution in [0.4, 0.5) is 18.9 Å². The molecule has 0 saturated carbocycles. The number of rotatable bonds is 5. The maximum atomic E-state index is 12.3. The Bertz CT molecular complexity index is 393. The van der Waals surface area contributed by atoms with Crippen LogP contribution in [0.5, 0.6) is 0 Å². The third kappa shape index (κ3) is 4.86. The van der Waals surface area contributed by atoms with E-state index in [1.54, 1.807) is 6.07 Å². The van der Waals surface area contributed by atoms with Crippen LogP contribution in [0.1, 0.15) is 12.5 Å². The molecule has 0 heterocycles. The maximum absolute atomic E-state index is 12.3. The molecule has 1 rings (SSSR count). The molecular weight excluding hydrogens is 309 g/mol. The summed E-state index contributed by atoms with van der Waals surface area (Å²) in [6.45, 7) is 2.60. The van der Waals surface area contributed by atoms with Crippen molar-refractivity contribution in [1.29, 1.82) is 0 Å². The first kappa shape index (κ1) is 15.3. The normalized spacial score (nSPS) is 11.7. The highest BCUT2D eigenvalue weighted by atomic mass is 79.9. The zero-order valence-electron chi connectivity index (χ0n) is 10.3. The minimum atomic E-state index is -4.20. The summed E-state index contributed by atoms with van der Waals surface area (Å²) in [6.07, 6.45) is -4.20. The Morgan fingerprint density at radius 3 is 2.50 bits per heavy atom. The predicted octanol–water partition coefficient (Wildman–Crippen LogP) is 3.56. The fraction of sp³-hybridized carbons (Fsp3) is 0.500. The van der Waals surface area contributed by atoms with E-state index >= 15 is 0 Å². The molecule has 0 aliphatic carbocycles. The second-order valence-corrected chi connectivity index (χ2v) is 4.89. The highest BCUT2D eigenvalue weighted by Crippen LogP contribution is 2.29. The van der Waals surface area contributed by atoms with Crippen LogP contribution in [-0.2, 0) is 6.54 Å². The molecule has 0 amide bonds. The van der Waals surface area contributed by atoms with Gasteiger partial charge in [0.15, 0.2) is 0 Å². The van der Waals surface area contributed by atoms with Crippen molar-refractivity contribution in [2.24, 2.45) is 0 Å². The van der Waals surface area contributed by atoms with E-state index in [0.29, 0.717) is 16.7 Å². The van der Waals surface area contributed by atoms with Gasteiger partial charge in [0.2, 0.25) is 0 Å². The monoisotopic (exact) mass is 324 g/mol. The number of alkyl halides is 3. The standard InChI is InChI=1S/C12H16BrF3N2/c1-3-17-7-9-4-5-11(10(13)6-9)18(2)8-12(14,15)16/h4-6,17H,3,7-8H2,1-2H3. The minimum Gasteiger partial charge on any atom is -0.365 e. The number of benzene rings is 1. The van der Waals surface area contributed by atoms with Crippen LogP contribution in [0, 0.1) is 0 Å². The molecule has 102 valence electrons. The molecule has 0 aromatic heterocycles. The van der Waals surface area contributed by atoms with E-state index in [1.165, 1.54) is 11.9 Å². The van der Waals surface area contributed by atoms with Gasteiger partial charge >= 0.3 is 6.18 Å². The largest absolute Gasteiger partial charge is 0.405 e. The van der Waals surface area contributed by atoms with Gasteiger partial charge in [0.05, 0.1) is 5.69 Å². The van der Waals surface area contributed by atoms with Crippen molar-refractivity contribution in [3.05, 3.63) is 28.2 Å². The lowest BCUT2D eigenvalue weighted by Crippen LogP contribution is -2.31. The highest BCUT2D eigenvalue weighted by Gasteiger charge is 2.29. The Balaban J connectivity index is 2.78. The molecule has 0 atom stereocenters. The topological polar surface area (TPSA) is 15.3 Å². The van der Waals surface area contributed by atoms with Gasteiger partial charge in [-0.15, -0.1) is 0 Å². The first-order valence-electron chi connectivity index (χ1n) is 5.60. The van der Waals surface area contributed by atoms with Crippen molar-refractivity contribution in [2.75, 3.05) is 25.0 Å². The summed E-state index contributed by atoms with van der Waals surface area (Å²) in [5.41, 5.74) is 1.57. The number of halogens is 4. The van der Waals surface area contributed by atoms with Gasteiger partial charge in [-0.05, 0) is 40.2 Å². The van der Waals surface area contributed by atoms with Gasteiger partial charge in [0.25, 0.3) is 0 Å².